The monoisotopic (exact) mass is 283 g/mol. The largest absolute Gasteiger partial charge is 0.454 e. The molecule has 1 aromatic carbocycles. The smallest absolute Gasteiger partial charge is 0.231 e. The Balaban J connectivity index is 1.76. The van der Waals surface area contributed by atoms with E-state index in [1.54, 1.807) is 6.07 Å². The summed E-state index contributed by atoms with van der Waals surface area (Å²) in [5.41, 5.74) is 0.812. The Kier molecular flexibility index (Phi) is 3.23. The van der Waals surface area contributed by atoms with Gasteiger partial charge in [-0.1, -0.05) is 11.6 Å². The SMILES string of the molecule is CC1(C)CC(Nc2cc3c(cc2Cl)OCO3)CCO1. The van der Waals surface area contributed by atoms with Crippen molar-refractivity contribution in [1.29, 1.82) is 0 Å². The Morgan fingerprint density at radius 3 is 2.74 bits per heavy atom. The molecule has 0 radical (unpaired) electrons. The van der Waals surface area contributed by atoms with Crippen LogP contribution in [-0.2, 0) is 4.74 Å². The van der Waals surface area contributed by atoms with Crippen molar-refractivity contribution in [2.24, 2.45) is 0 Å². The quantitative estimate of drug-likeness (QED) is 0.902. The van der Waals surface area contributed by atoms with E-state index in [0.29, 0.717) is 16.8 Å². The minimum atomic E-state index is -0.0846. The zero-order chi connectivity index (χ0) is 13.5. The van der Waals surface area contributed by atoms with Crippen LogP contribution in [0.3, 0.4) is 0 Å². The molecule has 1 aromatic rings. The lowest BCUT2D eigenvalue weighted by molar-refractivity contribution is -0.0553. The molecular weight excluding hydrogens is 266 g/mol. The van der Waals surface area contributed by atoms with E-state index in [0.717, 1.165) is 30.9 Å². The molecular formula is C14H18ClNO3. The molecule has 0 saturated carbocycles. The van der Waals surface area contributed by atoms with Gasteiger partial charge in [0.05, 0.1) is 16.3 Å². The van der Waals surface area contributed by atoms with Crippen LogP contribution in [0.25, 0.3) is 0 Å². The van der Waals surface area contributed by atoms with E-state index in [4.69, 9.17) is 25.8 Å². The van der Waals surface area contributed by atoms with Crippen LogP contribution in [0.5, 0.6) is 11.5 Å². The topological polar surface area (TPSA) is 39.7 Å². The van der Waals surface area contributed by atoms with Crippen molar-refractivity contribution in [3.63, 3.8) is 0 Å². The van der Waals surface area contributed by atoms with Crippen LogP contribution in [0.4, 0.5) is 5.69 Å². The standard InChI is InChI=1S/C14H18ClNO3/c1-14(2)7-9(3-4-19-14)16-11-6-13-12(5-10(11)15)17-8-18-13/h5-6,9,16H,3-4,7-8H2,1-2H3. The molecule has 0 aromatic heterocycles. The Hall–Kier alpha value is -1.13. The number of rotatable bonds is 2. The molecule has 0 bridgehead atoms. The van der Waals surface area contributed by atoms with Crippen molar-refractivity contribution in [1.82, 2.24) is 0 Å². The molecule has 104 valence electrons. The van der Waals surface area contributed by atoms with E-state index in [1.165, 1.54) is 0 Å². The summed E-state index contributed by atoms with van der Waals surface area (Å²) >= 11 is 6.27. The highest BCUT2D eigenvalue weighted by atomic mass is 35.5. The summed E-state index contributed by atoms with van der Waals surface area (Å²) < 4.78 is 16.4. The first-order valence-electron chi connectivity index (χ1n) is 6.53. The van der Waals surface area contributed by atoms with Crippen LogP contribution in [0.15, 0.2) is 12.1 Å². The molecule has 1 saturated heterocycles. The van der Waals surface area contributed by atoms with Gasteiger partial charge >= 0.3 is 0 Å². The average molecular weight is 284 g/mol. The molecule has 0 amide bonds. The fourth-order valence-corrected chi connectivity index (χ4v) is 2.81. The molecule has 4 nitrogen and oxygen atoms in total. The second-order valence-electron chi connectivity index (χ2n) is 5.63. The first-order chi connectivity index (χ1) is 9.03. The molecule has 2 heterocycles. The summed E-state index contributed by atoms with van der Waals surface area (Å²) in [5, 5.41) is 4.15. The van der Waals surface area contributed by atoms with Gasteiger partial charge in [-0.25, -0.2) is 0 Å². The normalized spacial score (nSPS) is 24.3. The van der Waals surface area contributed by atoms with Gasteiger partial charge in [-0.05, 0) is 26.7 Å². The van der Waals surface area contributed by atoms with Crippen LogP contribution in [0, 0.1) is 0 Å². The Labute approximate surface area is 118 Å². The number of halogens is 1. The van der Waals surface area contributed by atoms with Gasteiger partial charge in [0.25, 0.3) is 0 Å². The predicted octanol–water partition coefficient (Wildman–Crippen LogP) is 3.44. The maximum atomic E-state index is 6.27. The highest BCUT2D eigenvalue weighted by Crippen LogP contribution is 2.40. The van der Waals surface area contributed by atoms with Crippen molar-refractivity contribution in [3.8, 4) is 11.5 Å². The molecule has 19 heavy (non-hydrogen) atoms. The van der Waals surface area contributed by atoms with Crippen molar-refractivity contribution in [3.05, 3.63) is 17.2 Å². The first-order valence-corrected chi connectivity index (χ1v) is 6.91. The van der Waals surface area contributed by atoms with Gasteiger partial charge in [-0.2, -0.15) is 0 Å². The number of benzene rings is 1. The molecule has 0 spiro atoms. The minimum absolute atomic E-state index is 0.0846. The number of ether oxygens (including phenoxy) is 3. The maximum absolute atomic E-state index is 6.27. The van der Waals surface area contributed by atoms with Crippen LogP contribution < -0.4 is 14.8 Å². The van der Waals surface area contributed by atoms with Crippen LogP contribution in [0.1, 0.15) is 26.7 Å². The van der Waals surface area contributed by atoms with Crippen LogP contribution >= 0.6 is 11.6 Å². The second kappa shape index (κ2) is 4.76. The lowest BCUT2D eigenvalue weighted by Gasteiger charge is -2.36. The van der Waals surface area contributed by atoms with E-state index in [1.807, 2.05) is 6.07 Å². The Morgan fingerprint density at radius 2 is 2.00 bits per heavy atom. The van der Waals surface area contributed by atoms with Crippen LogP contribution in [-0.4, -0.2) is 25.0 Å². The number of hydrogen-bond donors (Lipinski definition) is 1. The number of nitrogens with one attached hydrogen (secondary N) is 1. The fourth-order valence-electron chi connectivity index (χ4n) is 2.60. The van der Waals surface area contributed by atoms with Gasteiger partial charge in [0.2, 0.25) is 6.79 Å². The predicted molar refractivity (Wildman–Crippen MR) is 74.3 cm³/mol. The highest BCUT2D eigenvalue weighted by Gasteiger charge is 2.29. The van der Waals surface area contributed by atoms with Gasteiger partial charge in [0, 0.05) is 24.8 Å². The molecule has 0 aliphatic carbocycles. The minimum Gasteiger partial charge on any atom is -0.454 e. The summed E-state index contributed by atoms with van der Waals surface area (Å²) in [6, 6.07) is 4.07. The molecule has 2 aliphatic rings. The lowest BCUT2D eigenvalue weighted by Crippen LogP contribution is -2.40. The summed E-state index contributed by atoms with van der Waals surface area (Å²) in [6.07, 6.45) is 1.94. The fraction of sp³-hybridized carbons (Fsp3) is 0.571. The number of anilines is 1. The molecule has 5 heteroatoms. The highest BCUT2D eigenvalue weighted by molar-refractivity contribution is 6.33. The summed E-state index contributed by atoms with van der Waals surface area (Å²) in [5.74, 6) is 1.46. The van der Waals surface area contributed by atoms with Gasteiger partial charge in [0.15, 0.2) is 11.5 Å². The van der Waals surface area contributed by atoms with Crippen molar-refractivity contribution in [2.75, 3.05) is 18.7 Å². The molecule has 1 atom stereocenters. The van der Waals surface area contributed by atoms with Crippen molar-refractivity contribution in [2.45, 2.75) is 38.3 Å². The second-order valence-corrected chi connectivity index (χ2v) is 6.03. The first kappa shape index (κ1) is 12.9. The van der Waals surface area contributed by atoms with Crippen LogP contribution in [0.2, 0.25) is 5.02 Å². The van der Waals surface area contributed by atoms with Crippen molar-refractivity contribution < 1.29 is 14.2 Å². The molecule has 1 unspecified atom stereocenters. The molecule has 3 rings (SSSR count). The van der Waals surface area contributed by atoms with Gasteiger partial charge in [-0.15, -0.1) is 0 Å². The van der Waals surface area contributed by atoms with E-state index >= 15 is 0 Å². The lowest BCUT2D eigenvalue weighted by atomic mass is 9.94. The number of fused-ring (bicyclic) bond motifs is 1. The average Bonchev–Trinajstić information content (AvgIpc) is 2.75. The zero-order valence-electron chi connectivity index (χ0n) is 11.2. The summed E-state index contributed by atoms with van der Waals surface area (Å²) in [6.45, 7) is 5.26. The number of hydrogen-bond acceptors (Lipinski definition) is 4. The van der Waals surface area contributed by atoms with E-state index in [2.05, 4.69) is 19.2 Å². The van der Waals surface area contributed by atoms with Crippen molar-refractivity contribution >= 4 is 17.3 Å². The zero-order valence-corrected chi connectivity index (χ0v) is 11.9. The Bertz CT molecular complexity index is 490. The van der Waals surface area contributed by atoms with Gasteiger partial charge < -0.3 is 19.5 Å². The third-order valence-electron chi connectivity index (χ3n) is 3.52. The third-order valence-corrected chi connectivity index (χ3v) is 3.83. The van der Waals surface area contributed by atoms with E-state index < -0.39 is 0 Å². The molecule has 1 N–H and O–H groups in total. The summed E-state index contributed by atoms with van der Waals surface area (Å²) in [7, 11) is 0. The summed E-state index contributed by atoms with van der Waals surface area (Å²) in [4.78, 5) is 0. The third kappa shape index (κ3) is 2.74. The van der Waals surface area contributed by atoms with E-state index in [-0.39, 0.29) is 12.4 Å². The Morgan fingerprint density at radius 1 is 1.26 bits per heavy atom. The van der Waals surface area contributed by atoms with Gasteiger partial charge in [-0.3, -0.25) is 0 Å². The van der Waals surface area contributed by atoms with E-state index in [9.17, 15) is 0 Å². The van der Waals surface area contributed by atoms with Gasteiger partial charge in [0.1, 0.15) is 0 Å². The molecule has 2 aliphatic heterocycles. The molecule has 1 fully saturated rings. The maximum Gasteiger partial charge on any atom is 0.231 e.